The topological polar surface area (TPSA) is 43.8 Å². The minimum Gasteiger partial charge on any atom is -0.340 e. The Bertz CT molecular complexity index is 282. The van der Waals surface area contributed by atoms with Crippen LogP contribution in [0.2, 0.25) is 0 Å². The van der Waals surface area contributed by atoms with Crippen molar-refractivity contribution in [1.29, 1.82) is 0 Å². The molecule has 0 aliphatic carbocycles. The predicted octanol–water partition coefficient (Wildman–Crippen LogP) is 1.39. The van der Waals surface area contributed by atoms with Gasteiger partial charge in [0.15, 0.2) is 0 Å². The number of hydrogen-bond acceptors (Lipinski definition) is 2. The second-order valence-corrected chi connectivity index (χ2v) is 3.23. The summed E-state index contributed by atoms with van der Waals surface area (Å²) in [5.74, 6) is 0. The molecule has 3 nitrogen and oxygen atoms in total. The van der Waals surface area contributed by atoms with Gasteiger partial charge in [-0.05, 0) is 13.8 Å². The average molecular weight is 165 g/mol. The summed E-state index contributed by atoms with van der Waals surface area (Å²) in [5, 5.41) is 0. The van der Waals surface area contributed by atoms with Gasteiger partial charge in [0.05, 0.1) is 18.1 Å². The lowest BCUT2D eigenvalue weighted by atomic mass is 10.2. The van der Waals surface area contributed by atoms with E-state index >= 15 is 0 Å². The first kappa shape index (κ1) is 9.00. The van der Waals surface area contributed by atoms with E-state index in [1.54, 1.807) is 6.33 Å². The first-order valence-electron chi connectivity index (χ1n) is 3.98. The first-order chi connectivity index (χ1) is 5.59. The highest BCUT2D eigenvalue weighted by molar-refractivity contribution is 5.13. The number of nitrogens with zero attached hydrogens (tertiary/aromatic N) is 2. The summed E-state index contributed by atoms with van der Waals surface area (Å²) in [6.07, 6.45) is 5.69. The summed E-state index contributed by atoms with van der Waals surface area (Å²) < 4.78 is 1.90. The summed E-state index contributed by atoms with van der Waals surface area (Å²) in [7, 11) is 1.94. The molecule has 0 amide bonds. The molecule has 1 aromatic rings. The van der Waals surface area contributed by atoms with E-state index in [0.717, 1.165) is 5.69 Å². The molecule has 1 atom stereocenters. The van der Waals surface area contributed by atoms with Gasteiger partial charge < -0.3 is 10.3 Å². The van der Waals surface area contributed by atoms with E-state index in [1.807, 2.05) is 37.7 Å². The fraction of sp³-hybridized carbons (Fsp3) is 0.444. The third kappa shape index (κ3) is 2.20. The first-order valence-corrected chi connectivity index (χ1v) is 3.98. The van der Waals surface area contributed by atoms with Crippen LogP contribution in [0.4, 0.5) is 0 Å². The van der Waals surface area contributed by atoms with Gasteiger partial charge in [-0.1, -0.05) is 11.6 Å². The normalized spacial score (nSPS) is 12.7. The van der Waals surface area contributed by atoms with Gasteiger partial charge in [-0.2, -0.15) is 0 Å². The van der Waals surface area contributed by atoms with Gasteiger partial charge in [0.1, 0.15) is 0 Å². The van der Waals surface area contributed by atoms with Crippen molar-refractivity contribution in [3.8, 4) is 0 Å². The SMILES string of the molecule is CC(C)=CC(N)c1cn(C)cn1. The van der Waals surface area contributed by atoms with Crippen molar-refractivity contribution >= 4 is 0 Å². The zero-order chi connectivity index (χ0) is 9.14. The fourth-order valence-corrected chi connectivity index (χ4v) is 1.05. The molecule has 1 aromatic heterocycles. The molecule has 0 saturated carbocycles. The molecular weight excluding hydrogens is 150 g/mol. The maximum Gasteiger partial charge on any atom is 0.0947 e. The molecular formula is C9H15N3. The second-order valence-electron chi connectivity index (χ2n) is 3.23. The lowest BCUT2D eigenvalue weighted by Gasteiger charge is -2.02. The van der Waals surface area contributed by atoms with E-state index in [0.29, 0.717) is 0 Å². The average Bonchev–Trinajstić information content (AvgIpc) is 2.34. The minimum absolute atomic E-state index is 0.0730. The highest BCUT2D eigenvalue weighted by Gasteiger charge is 2.04. The molecule has 1 unspecified atom stereocenters. The molecule has 12 heavy (non-hydrogen) atoms. The Hall–Kier alpha value is -1.09. The molecule has 0 saturated heterocycles. The van der Waals surface area contributed by atoms with Gasteiger partial charge in [-0.15, -0.1) is 0 Å². The van der Waals surface area contributed by atoms with Crippen LogP contribution in [-0.4, -0.2) is 9.55 Å². The highest BCUT2D eigenvalue weighted by atomic mass is 15.0. The Balaban J connectivity index is 2.78. The molecule has 0 aliphatic heterocycles. The van der Waals surface area contributed by atoms with Crippen molar-refractivity contribution in [2.75, 3.05) is 0 Å². The van der Waals surface area contributed by atoms with Crippen LogP contribution in [0.5, 0.6) is 0 Å². The summed E-state index contributed by atoms with van der Waals surface area (Å²) in [6.45, 7) is 4.06. The zero-order valence-electron chi connectivity index (χ0n) is 7.78. The fourth-order valence-electron chi connectivity index (χ4n) is 1.05. The van der Waals surface area contributed by atoms with E-state index < -0.39 is 0 Å². The lowest BCUT2D eigenvalue weighted by molar-refractivity contribution is 0.858. The van der Waals surface area contributed by atoms with Crippen molar-refractivity contribution in [2.45, 2.75) is 19.9 Å². The molecule has 0 radical (unpaired) electrons. The monoisotopic (exact) mass is 165 g/mol. The minimum atomic E-state index is -0.0730. The molecule has 66 valence electrons. The Labute approximate surface area is 72.9 Å². The second kappa shape index (κ2) is 3.54. The number of hydrogen-bond donors (Lipinski definition) is 1. The number of aromatic nitrogens is 2. The number of nitrogens with two attached hydrogens (primary N) is 1. The third-order valence-electron chi connectivity index (χ3n) is 1.58. The quantitative estimate of drug-likeness (QED) is 0.673. The summed E-state index contributed by atoms with van der Waals surface area (Å²) in [5.41, 5.74) is 7.99. The Morgan fingerprint density at radius 1 is 1.67 bits per heavy atom. The Morgan fingerprint density at radius 2 is 2.33 bits per heavy atom. The van der Waals surface area contributed by atoms with E-state index in [9.17, 15) is 0 Å². The van der Waals surface area contributed by atoms with Gasteiger partial charge in [-0.25, -0.2) is 4.98 Å². The van der Waals surface area contributed by atoms with Gasteiger partial charge in [-0.3, -0.25) is 0 Å². The maximum atomic E-state index is 5.86. The molecule has 0 spiro atoms. The number of rotatable bonds is 2. The maximum absolute atomic E-state index is 5.86. The van der Waals surface area contributed by atoms with E-state index in [4.69, 9.17) is 5.73 Å². The van der Waals surface area contributed by atoms with Crippen molar-refractivity contribution in [2.24, 2.45) is 12.8 Å². The van der Waals surface area contributed by atoms with Crippen LogP contribution >= 0.6 is 0 Å². The van der Waals surface area contributed by atoms with E-state index in [1.165, 1.54) is 5.57 Å². The molecule has 2 N–H and O–H groups in total. The van der Waals surface area contributed by atoms with Gasteiger partial charge >= 0.3 is 0 Å². The van der Waals surface area contributed by atoms with Crippen LogP contribution in [-0.2, 0) is 7.05 Å². The molecule has 1 rings (SSSR count). The van der Waals surface area contributed by atoms with Crippen LogP contribution < -0.4 is 5.73 Å². The largest absolute Gasteiger partial charge is 0.340 e. The van der Waals surface area contributed by atoms with Crippen molar-refractivity contribution in [3.63, 3.8) is 0 Å². The molecule has 0 fully saturated rings. The van der Waals surface area contributed by atoms with Crippen LogP contribution in [0.25, 0.3) is 0 Å². The standard InChI is InChI=1S/C9H15N3/c1-7(2)4-8(10)9-5-12(3)6-11-9/h4-6,8H,10H2,1-3H3. The van der Waals surface area contributed by atoms with Crippen LogP contribution in [0.1, 0.15) is 25.6 Å². The molecule has 0 aromatic carbocycles. The number of aryl methyl sites for hydroxylation is 1. The summed E-state index contributed by atoms with van der Waals surface area (Å²) in [4.78, 5) is 4.16. The Morgan fingerprint density at radius 3 is 2.75 bits per heavy atom. The van der Waals surface area contributed by atoms with Crippen molar-refractivity contribution < 1.29 is 0 Å². The smallest absolute Gasteiger partial charge is 0.0947 e. The van der Waals surface area contributed by atoms with Crippen molar-refractivity contribution in [1.82, 2.24) is 9.55 Å². The summed E-state index contributed by atoms with van der Waals surface area (Å²) >= 11 is 0. The van der Waals surface area contributed by atoms with Gasteiger partial charge in [0.2, 0.25) is 0 Å². The van der Waals surface area contributed by atoms with E-state index in [-0.39, 0.29) is 6.04 Å². The lowest BCUT2D eigenvalue weighted by Crippen LogP contribution is -2.07. The zero-order valence-corrected chi connectivity index (χ0v) is 7.78. The molecule has 1 heterocycles. The third-order valence-corrected chi connectivity index (χ3v) is 1.58. The van der Waals surface area contributed by atoms with Gasteiger partial charge in [0, 0.05) is 13.2 Å². The van der Waals surface area contributed by atoms with Crippen LogP contribution in [0.15, 0.2) is 24.2 Å². The van der Waals surface area contributed by atoms with Gasteiger partial charge in [0.25, 0.3) is 0 Å². The molecule has 3 heteroatoms. The molecule has 0 bridgehead atoms. The molecule has 0 aliphatic rings. The van der Waals surface area contributed by atoms with Crippen LogP contribution in [0.3, 0.4) is 0 Å². The van der Waals surface area contributed by atoms with E-state index in [2.05, 4.69) is 4.98 Å². The number of allylic oxidation sites excluding steroid dienone is 1. The van der Waals surface area contributed by atoms with Crippen LogP contribution in [0, 0.1) is 0 Å². The number of imidazole rings is 1. The summed E-state index contributed by atoms with van der Waals surface area (Å²) in [6, 6.07) is -0.0730. The predicted molar refractivity (Wildman–Crippen MR) is 49.6 cm³/mol. The highest BCUT2D eigenvalue weighted by Crippen LogP contribution is 2.09. The van der Waals surface area contributed by atoms with Crippen molar-refractivity contribution in [3.05, 3.63) is 29.9 Å². The Kier molecular flexibility index (Phi) is 2.65.